The Morgan fingerprint density at radius 3 is 2.45 bits per heavy atom. The number of rotatable bonds is 5. The first-order valence-electron chi connectivity index (χ1n) is 7.71. The number of nitrogens with zero attached hydrogens (tertiary/aromatic N) is 2. The van der Waals surface area contributed by atoms with Crippen LogP contribution in [0.15, 0.2) is 4.99 Å². The number of aliphatic imine (C=N–C) groups is 1. The Morgan fingerprint density at radius 2 is 1.91 bits per heavy atom. The molecule has 2 atom stereocenters. The Kier molecular flexibility index (Phi) is 7.14. The largest absolute Gasteiger partial charge is 0.469 e. The van der Waals surface area contributed by atoms with Crippen LogP contribution in [0.5, 0.6) is 0 Å². The Bertz CT molecular complexity index is 423. The maximum Gasteiger partial charge on any atom is 0.310 e. The van der Waals surface area contributed by atoms with Crippen molar-refractivity contribution in [1.82, 2.24) is 15.5 Å². The molecule has 1 rings (SSSR count). The SMILES string of the molecule is CN=C(NCCNC(=O)C(C)C)N1CC(C)C(C(=O)OC)C1. The van der Waals surface area contributed by atoms with E-state index in [1.165, 1.54) is 7.11 Å². The van der Waals surface area contributed by atoms with Crippen LogP contribution in [0.25, 0.3) is 0 Å². The number of hydrogen-bond acceptors (Lipinski definition) is 4. The van der Waals surface area contributed by atoms with Gasteiger partial charge in [0.05, 0.1) is 13.0 Å². The molecule has 1 amide bonds. The molecule has 0 aromatic rings. The Labute approximate surface area is 132 Å². The summed E-state index contributed by atoms with van der Waals surface area (Å²) in [6.07, 6.45) is 0. The maximum absolute atomic E-state index is 11.7. The van der Waals surface area contributed by atoms with Gasteiger partial charge in [0.25, 0.3) is 0 Å². The number of nitrogens with one attached hydrogen (secondary N) is 2. The lowest BCUT2D eigenvalue weighted by atomic mass is 9.99. The second-order valence-corrected chi connectivity index (χ2v) is 5.93. The van der Waals surface area contributed by atoms with Crippen molar-refractivity contribution in [2.75, 3.05) is 40.3 Å². The number of carbonyl (C=O) groups is 2. The second kappa shape index (κ2) is 8.60. The number of guanidine groups is 1. The summed E-state index contributed by atoms with van der Waals surface area (Å²) < 4.78 is 4.84. The smallest absolute Gasteiger partial charge is 0.310 e. The summed E-state index contributed by atoms with van der Waals surface area (Å²) in [4.78, 5) is 29.5. The van der Waals surface area contributed by atoms with Crippen LogP contribution >= 0.6 is 0 Å². The zero-order valence-corrected chi connectivity index (χ0v) is 14.2. The van der Waals surface area contributed by atoms with E-state index in [2.05, 4.69) is 20.5 Å². The first-order valence-corrected chi connectivity index (χ1v) is 7.71. The number of amides is 1. The second-order valence-electron chi connectivity index (χ2n) is 5.93. The molecular formula is C15H28N4O3. The molecular weight excluding hydrogens is 284 g/mol. The van der Waals surface area contributed by atoms with E-state index < -0.39 is 0 Å². The summed E-state index contributed by atoms with van der Waals surface area (Å²) in [5.74, 6) is 0.708. The first kappa shape index (κ1) is 18.3. The normalized spacial score (nSPS) is 21.9. The van der Waals surface area contributed by atoms with Gasteiger partial charge in [-0.1, -0.05) is 20.8 Å². The highest BCUT2D eigenvalue weighted by Gasteiger charge is 2.36. The van der Waals surface area contributed by atoms with Gasteiger partial charge in [-0.3, -0.25) is 14.6 Å². The number of ether oxygens (including phenoxy) is 1. The van der Waals surface area contributed by atoms with Gasteiger partial charge >= 0.3 is 5.97 Å². The van der Waals surface area contributed by atoms with E-state index in [4.69, 9.17) is 4.74 Å². The fourth-order valence-corrected chi connectivity index (χ4v) is 2.49. The van der Waals surface area contributed by atoms with Gasteiger partial charge in [0.1, 0.15) is 0 Å². The standard InChI is InChI=1S/C15H28N4O3/c1-10(2)13(20)17-6-7-18-15(16-4)19-8-11(3)12(9-19)14(21)22-5/h10-12H,6-9H2,1-5H3,(H,16,18)(H,17,20). The van der Waals surface area contributed by atoms with Crippen LogP contribution in [-0.2, 0) is 14.3 Å². The summed E-state index contributed by atoms with van der Waals surface area (Å²) in [6.45, 7) is 8.26. The van der Waals surface area contributed by atoms with Gasteiger partial charge in [-0.2, -0.15) is 0 Å². The zero-order chi connectivity index (χ0) is 16.7. The lowest BCUT2D eigenvalue weighted by molar-refractivity contribution is -0.146. The van der Waals surface area contributed by atoms with Crippen molar-refractivity contribution in [3.63, 3.8) is 0 Å². The number of likely N-dealkylation sites (tertiary alicyclic amines) is 1. The van der Waals surface area contributed by atoms with Gasteiger partial charge in [-0.05, 0) is 5.92 Å². The van der Waals surface area contributed by atoms with Crippen LogP contribution in [0.4, 0.5) is 0 Å². The van der Waals surface area contributed by atoms with Gasteiger partial charge in [-0.15, -0.1) is 0 Å². The van der Waals surface area contributed by atoms with Crippen molar-refractivity contribution in [2.45, 2.75) is 20.8 Å². The van der Waals surface area contributed by atoms with E-state index in [-0.39, 0.29) is 29.6 Å². The fourth-order valence-electron chi connectivity index (χ4n) is 2.49. The van der Waals surface area contributed by atoms with Crippen LogP contribution in [0.2, 0.25) is 0 Å². The van der Waals surface area contributed by atoms with Crippen molar-refractivity contribution >= 4 is 17.8 Å². The minimum absolute atomic E-state index is 0.0143. The molecule has 126 valence electrons. The van der Waals surface area contributed by atoms with E-state index in [0.29, 0.717) is 19.6 Å². The number of hydrogen-bond donors (Lipinski definition) is 2. The van der Waals surface area contributed by atoms with Crippen molar-refractivity contribution < 1.29 is 14.3 Å². The molecule has 1 aliphatic heterocycles. The fraction of sp³-hybridized carbons (Fsp3) is 0.800. The van der Waals surface area contributed by atoms with Crippen LogP contribution < -0.4 is 10.6 Å². The molecule has 0 spiro atoms. The average molecular weight is 312 g/mol. The first-order chi connectivity index (χ1) is 10.4. The molecule has 1 heterocycles. The van der Waals surface area contributed by atoms with E-state index in [0.717, 1.165) is 12.5 Å². The molecule has 1 fully saturated rings. The Balaban J connectivity index is 2.43. The maximum atomic E-state index is 11.7. The number of methoxy groups -OCH3 is 1. The summed E-state index contributed by atoms with van der Waals surface area (Å²) in [5.41, 5.74) is 0. The van der Waals surface area contributed by atoms with Crippen LogP contribution in [0, 0.1) is 17.8 Å². The third-order valence-corrected chi connectivity index (χ3v) is 3.86. The molecule has 7 heteroatoms. The molecule has 1 saturated heterocycles. The predicted octanol–water partition coefficient (Wildman–Crippen LogP) is 0.0749. The van der Waals surface area contributed by atoms with E-state index >= 15 is 0 Å². The van der Waals surface area contributed by atoms with Crippen molar-refractivity contribution in [3.8, 4) is 0 Å². The Hall–Kier alpha value is -1.79. The summed E-state index contributed by atoms with van der Waals surface area (Å²) in [5, 5.41) is 6.06. The van der Waals surface area contributed by atoms with E-state index in [1.807, 2.05) is 20.8 Å². The van der Waals surface area contributed by atoms with Crippen LogP contribution in [0.3, 0.4) is 0 Å². The minimum atomic E-state index is -0.172. The topological polar surface area (TPSA) is 83.0 Å². The minimum Gasteiger partial charge on any atom is -0.469 e. The summed E-state index contributed by atoms with van der Waals surface area (Å²) in [6, 6.07) is 0. The lowest BCUT2D eigenvalue weighted by Gasteiger charge is -2.21. The van der Waals surface area contributed by atoms with Gasteiger partial charge in [0.15, 0.2) is 5.96 Å². The predicted molar refractivity (Wildman–Crippen MR) is 85.5 cm³/mol. The number of carbonyl (C=O) groups excluding carboxylic acids is 2. The summed E-state index contributed by atoms with van der Waals surface area (Å²) >= 11 is 0. The van der Waals surface area contributed by atoms with Gasteiger partial charge in [0, 0.05) is 39.1 Å². The molecule has 0 aromatic heterocycles. The molecule has 0 radical (unpaired) electrons. The number of esters is 1. The Morgan fingerprint density at radius 1 is 1.27 bits per heavy atom. The van der Waals surface area contributed by atoms with Gasteiger partial charge in [-0.25, -0.2) is 0 Å². The lowest BCUT2D eigenvalue weighted by Crippen LogP contribution is -2.44. The van der Waals surface area contributed by atoms with Gasteiger partial charge in [0.2, 0.25) is 5.91 Å². The molecule has 0 bridgehead atoms. The molecule has 2 N–H and O–H groups in total. The molecule has 0 aliphatic carbocycles. The average Bonchev–Trinajstić information content (AvgIpc) is 2.87. The quantitative estimate of drug-likeness (QED) is 0.325. The van der Waals surface area contributed by atoms with E-state index in [1.54, 1.807) is 7.05 Å². The highest BCUT2D eigenvalue weighted by molar-refractivity contribution is 5.82. The third-order valence-electron chi connectivity index (χ3n) is 3.86. The molecule has 1 aliphatic rings. The summed E-state index contributed by atoms with van der Waals surface area (Å²) in [7, 11) is 3.13. The van der Waals surface area contributed by atoms with Gasteiger partial charge < -0.3 is 20.3 Å². The molecule has 22 heavy (non-hydrogen) atoms. The van der Waals surface area contributed by atoms with Crippen molar-refractivity contribution in [3.05, 3.63) is 0 Å². The van der Waals surface area contributed by atoms with Crippen molar-refractivity contribution in [1.29, 1.82) is 0 Å². The molecule has 0 aromatic carbocycles. The third kappa shape index (κ3) is 4.89. The zero-order valence-electron chi connectivity index (χ0n) is 14.2. The van der Waals surface area contributed by atoms with Crippen molar-refractivity contribution in [2.24, 2.45) is 22.7 Å². The highest BCUT2D eigenvalue weighted by atomic mass is 16.5. The highest BCUT2D eigenvalue weighted by Crippen LogP contribution is 2.23. The molecule has 7 nitrogen and oxygen atoms in total. The van der Waals surface area contributed by atoms with E-state index in [9.17, 15) is 9.59 Å². The molecule has 0 saturated carbocycles. The monoisotopic (exact) mass is 312 g/mol. The van der Waals surface area contributed by atoms with Crippen LogP contribution in [-0.4, -0.2) is 63.1 Å². The molecule has 2 unspecified atom stereocenters. The van der Waals surface area contributed by atoms with Crippen LogP contribution in [0.1, 0.15) is 20.8 Å².